The highest BCUT2D eigenvalue weighted by Crippen LogP contribution is 2.26. The maximum absolute atomic E-state index is 10.3. The van der Waals surface area contributed by atoms with Gasteiger partial charge in [-0.1, -0.05) is 65.3 Å². The Morgan fingerprint density at radius 1 is 1.06 bits per heavy atom. The molecule has 0 aromatic heterocycles. The van der Waals surface area contributed by atoms with Gasteiger partial charge in [-0.05, 0) is 29.2 Å². The number of hydrogen-bond donors (Lipinski definition) is 1. The summed E-state index contributed by atoms with van der Waals surface area (Å²) in [5.74, 6) is 0. The molecule has 0 aliphatic rings. The number of aliphatic hydroxyl groups excluding tert-OH is 1. The highest BCUT2D eigenvalue weighted by atomic mass is 79.9. The summed E-state index contributed by atoms with van der Waals surface area (Å²) in [6, 6.07) is 15.7. The fourth-order valence-electron chi connectivity index (χ4n) is 1.85. The number of aliphatic hydroxyl groups is 1. The van der Waals surface area contributed by atoms with Crippen molar-refractivity contribution < 1.29 is 5.11 Å². The third-order valence-corrected chi connectivity index (χ3v) is 3.63. The molecule has 2 rings (SSSR count). The van der Waals surface area contributed by atoms with E-state index in [-0.39, 0.29) is 0 Å². The van der Waals surface area contributed by atoms with Crippen LogP contribution >= 0.6 is 15.9 Å². The first kappa shape index (κ1) is 12.3. The first-order chi connectivity index (χ1) is 8.22. The van der Waals surface area contributed by atoms with Crippen molar-refractivity contribution in [3.63, 3.8) is 0 Å². The van der Waals surface area contributed by atoms with Gasteiger partial charge in [0.1, 0.15) is 6.10 Å². The fourth-order valence-corrected chi connectivity index (χ4v) is 2.53. The van der Waals surface area contributed by atoms with Crippen LogP contribution in [-0.4, -0.2) is 5.11 Å². The molecule has 0 heterocycles. The lowest BCUT2D eigenvalue weighted by atomic mass is 10.00. The van der Waals surface area contributed by atoms with Crippen molar-refractivity contribution in [2.75, 3.05) is 0 Å². The molecule has 0 radical (unpaired) electrons. The van der Waals surface area contributed by atoms with Gasteiger partial charge in [-0.2, -0.15) is 0 Å². The molecule has 0 amide bonds. The summed E-state index contributed by atoms with van der Waals surface area (Å²) in [5, 5.41) is 10.3. The van der Waals surface area contributed by atoms with Gasteiger partial charge in [0.2, 0.25) is 0 Å². The SMILES string of the molecule is CCc1ccc(C(O)c2ccccc2)cc1Br. The first-order valence-electron chi connectivity index (χ1n) is 5.73. The second kappa shape index (κ2) is 5.48. The van der Waals surface area contributed by atoms with Gasteiger partial charge in [0.15, 0.2) is 0 Å². The van der Waals surface area contributed by atoms with Gasteiger partial charge in [0, 0.05) is 4.47 Å². The van der Waals surface area contributed by atoms with E-state index in [0.717, 1.165) is 22.0 Å². The van der Waals surface area contributed by atoms with Gasteiger partial charge in [-0.3, -0.25) is 0 Å². The van der Waals surface area contributed by atoms with Crippen LogP contribution in [0, 0.1) is 0 Å². The summed E-state index contributed by atoms with van der Waals surface area (Å²) in [4.78, 5) is 0. The molecule has 1 nitrogen and oxygen atoms in total. The molecule has 1 N–H and O–H groups in total. The highest BCUT2D eigenvalue weighted by molar-refractivity contribution is 9.10. The number of benzene rings is 2. The topological polar surface area (TPSA) is 20.2 Å². The largest absolute Gasteiger partial charge is 0.384 e. The predicted molar refractivity (Wildman–Crippen MR) is 74.0 cm³/mol. The third kappa shape index (κ3) is 2.76. The molecule has 0 spiro atoms. The maximum Gasteiger partial charge on any atom is 0.104 e. The predicted octanol–water partition coefficient (Wildman–Crippen LogP) is 4.09. The Balaban J connectivity index is 2.32. The standard InChI is InChI=1S/C15H15BrO/c1-2-11-8-9-13(10-14(11)16)15(17)12-6-4-3-5-7-12/h3-10,15,17H,2H2,1H3. The molecular weight excluding hydrogens is 276 g/mol. The van der Waals surface area contributed by atoms with E-state index >= 15 is 0 Å². The molecule has 0 bridgehead atoms. The lowest BCUT2D eigenvalue weighted by Crippen LogP contribution is -2.00. The van der Waals surface area contributed by atoms with Crippen LogP contribution in [0.4, 0.5) is 0 Å². The summed E-state index contributed by atoms with van der Waals surface area (Å²) in [5.41, 5.74) is 3.10. The Kier molecular flexibility index (Phi) is 3.97. The van der Waals surface area contributed by atoms with E-state index in [2.05, 4.69) is 28.9 Å². The smallest absolute Gasteiger partial charge is 0.104 e. The second-order valence-corrected chi connectivity index (χ2v) is 4.87. The Morgan fingerprint density at radius 3 is 2.35 bits per heavy atom. The van der Waals surface area contributed by atoms with Crippen LogP contribution in [-0.2, 0) is 6.42 Å². The number of hydrogen-bond acceptors (Lipinski definition) is 1. The molecule has 1 unspecified atom stereocenters. The van der Waals surface area contributed by atoms with Crippen LogP contribution in [0.3, 0.4) is 0 Å². The quantitative estimate of drug-likeness (QED) is 0.903. The molecule has 0 fully saturated rings. The van der Waals surface area contributed by atoms with Crippen molar-refractivity contribution in [1.29, 1.82) is 0 Å². The Morgan fingerprint density at radius 2 is 1.76 bits per heavy atom. The van der Waals surface area contributed by atoms with Crippen molar-refractivity contribution in [2.45, 2.75) is 19.4 Å². The first-order valence-corrected chi connectivity index (χ1v) is 6.53. The van der Waals surface area contributed by atoms with E-state index in [1.165, 1.54) is 5.56 Å². The van der Waals surface area contributed by atoms with E-state index in [0.29, 0.717) is 0 Å². The summed E-state index contributed by atoms with van der Waals surface area (Å²) >= 11 is 3.54. The number of halogens is 1. The molecule has 2 aromatic rings. The molecule has 0 saturated carbocycles. The molecule has 0 aliphatic heterocycles. The van der Waals surface area contributed by atoms with E-state index < -0.39 is 6.10 Å². The maximum atomic E-state index is 10.3. The van der Waals surface area contributed by atoms with Crippen molar-refractivity contribution in [2.24, 2.45) is 0 Å². The average Bonchev–Trinajstić information content (AvgIpc) is 2.39. The van der Waals surface area contributed by atoms with Gasteiger partial charge in [0.05, 0.1) is 0 Å². The lowest BCUT2D eigenvalue weighted by molar-refractivity contribution is 0.220. The zero-order valence-corrected chi connectivity index (χ0v) is 11.3. The second-order valence-electron chi connectivity index (χ2n) is 4.02. The summed E-state index contributed by atoms with van der Waals surface area (Å²) < 4.78 is 1.06. The number of aryl methyl sites for hydroxylation is 1. The van der Waals surface area contributed by atoms with Gasteiger partial charge >= 0.3 is 0 Å². The van der Waals surface area contributed by atoms with Crippen LogP contribution in [0.5, 0.6) is 0 Å². The minimum Gasteiger partial charge on any atom is -0.384 e. The van der Waals surface area contributed by atoms with Gasteiger partial charge in [-0.15, -0.1) is 0 Å². The zero-order valence-electron chi connectivity index (χ0n) is 9.73. The average molecular weight is 291 g/mol. The van der Waals surface area contributed by atoms with Gasteiger partial charge in [-0.25, -0.2) is 0 Å². The molecule has 0 aliphatic carbocycles. The third-order valence-electron chi connectivity index (χ3n) is 2.89. The van der Waals surface area contributed by atoms with Gasteiger partial charge < -0.3 is 5.11 Å². The van der Waals surface area contributed by atoms with Crippen molar-refractivity contribution in [1.82, 2.24) is 0 Å². The van der Waals surface area contributed by atoms with E-state index in [4.69, 9.17) is 0 Å². The monoisotopic (exact) mass is 290 g/mol. The molecule has 2 heteroatoms. The minimum atomic E-state index is -0.557. The van der Waals surface area contributed by atoms with Crippen LogP contribution in [0.15, 0.2) is 53.0 Å². The highest BCUT2D eigenvalue weighted by Gasteiger charge is 2.11. The van der Waals surface area contributed by atoms with Crippen molar-refractivity contribution >= 4 is 15.9 Å². The minimum absolute atomic E-state index is 0.557. The van der Waals surface area contributed by atoms with Crippen LogP contribution in [0.2, 0.25) is 0 Å². The molecule has 88 valence electrons. The Hall–Kier alpha value is -1.12. The normalized spacial score (nSPS) is 12.4. The summed E-state index contributed by atoms with van der Waals surface area (Å²) in [6.45, 7) is 2.12. The van der Waals surface area contributed by atoms with Crippen LogP contribution in [0.25, 0.3) is 0 Å². The fraction of sp³-hybridized carbons (Fsp3) is 0.200. The molecule has 1 atom stereocenters. The summed E-state index contributed by atoms with van der Waals surface area (Å²) in [6.07, 6.45) is 0.431. The molecule has 17 heavy (non-hydrogen) atoms. The molecule has 0 saturated heterocycles. The van der Waals surface area contributed by atoms with Gasteiger partial charge in [0.25, 0.3) is 0 Å². The lowest BCUT2D eigenvalue weighted by Gasteiger charge is -2.13. The Labute approximate surface area is 110 Å². The van der Waals surface area contributed by atoms with Crippen LogP contribution < -0.4 is 0 Å². The van der Waals surface area contributed by atoms with E-state index in [9.17, 15) is 5.11 Å². The molecule has 2 aromatic carbocycles. The Bertz CT molecular complexity index is 494. The van der Waals surface area contributed by atoms with Crippen molar-refractivity contribution in [3.8, 4) is 0 Å². The zero-order chi connectivity index (χ0) is 12.3. The van der Waals surface area contributed by atoms with Crippen molar-refractivity contribution in [3.05, 3.63) is 69.7 Å². The van der Waals surface area contributed by atoms with E-state index in [1.807, 2.05) is 42.5 Å². The summed E-state index contributed by atoms with van der Waals surface area (Å²) in [7, 11) is 0. The number of rotatable bonds is 3. The molecular formula is C15H15BrO. The van der Waals surface area contributed by atoms with E-state index in [1.54, 1.807) is 0 Å². The van der Waals surface area contributed by atoms with Crippen LogP contribution in [0.1, 0.15) is 29.7 Å².